The van der Waals surface area contributed by atoms with Crippen LogP contribution in [0.3, 0.4) is 0 Å². The van der Waals surface area contributed by atoms with Gasteiger partial charge in [0.2, 0.25) is 0 Å². The van der Waals surface area contributed by atoms with Gasteiger partial charge in [-0.3, -0.25) is 5.10 Å². The number of aromatic amines is 1. The topological polar surface area (TPSA) is 95.2 Å². The van der Waals surface area contributed by atoms with Crippen molar-refractivity contribution < 1.29 is 9.53 Å². The summed E-state index contributed by atoms with van der Waals surface area (Å²) in [7, 11) is 0. The molecule has 0 bridgehead atoms. The molecule has 3 N–H and O–H groups in total. The zero-order chi connectivity index (χ0) is 15.2. The number of aromatic nitrogens is 3. The van der Waals surface area contributed by atoms with Crippen LogP contribution in [0.2, 0.25) is 0 Å². The number of amides is 2. The second-order valence-electron chi connectivity index (χ2n) is 4.92. The zero-order valence-corrected chi connectivity index (χ0v) is 12.1. The van der Waals surface area contributed by atoms with Crippen LogP contribution in [0.4, 0.5) is 16.3 Å². The Morgan fingerprint density at radius 1 is 1.32 bits per heavy atom. The van der Waals surface area contributed by atoms with Crippen molar-refractivity contribution in [3.8, 4) is 0 Å². The van der Waals surface area contributed by atoms with Gasteiger partial charge in [0.1, 0.15) is 5.82 Å². The maximum Gasteiger partial charge on any atom is 0.319 e. The quantitative estimate of drug-likeness (QED) is 0.782. The summed E-state index contributed by atoms with van der Waals surface area (Å²) in [5.41, 5.74) is 1.57. The molecule has 8 nitrogen and oxygen atoms in total. The molecule has 3 rings (SSSR count). The molecule has 116 valence electrons. The number of rotatable bonds is 4. The van der Waals surface area contributed by atoms with E-state index >= 15 is 0 Å². The lowest BCUT2D eigenvalue weighted by Crippen LogP contribution is -2.36. The third kappa shape index (κ3) is 3.73. The lowest BCUT2D eigenvalue weighted by atomic mass is 10.2. The zero-order valence-electron chi connectivity index (χ0n) is 12.1. The van der Waals surface area contributed by atoms with Gasteiger partial charge in [0.25, 0.3) is 0 Å². The van der Waals surface area contributed by atoms with Gasteiger partial charge >= 0.3 is 6.03 Å². The van der Waals surface area contributed by atoms with Crippen LogP contribution in [0.5, 0.6) is 0 Å². The molecule has 0 atom stereocenters. The van der Waals surface area contributed by atoms with Crippen molar-refractivity contribution in [3.63, 3.8) is 0 Å². The smallest absolute Gasteiger partial charge is 0.319 e. The van der Waals surface area contributed by atoms with Crippen molar-refractivity contribution in [2.24, 2.45) is 0 Å². The minimum atomic E-state index is -0.279. The molecule has 0 aliphatic carbocycles. The van der Waals surface area contributed by atoms with Gasteiger partial charge in [-0.2, -0.15) is 5.10 Å². The molecule has 0 unspecified atom stereocenters. The first kappa shape index (κ1) is 14.3. The average Bonchev–Trinajstić information content (AvgIpc) is 3.07. The van der Waals surface area contributed by atoms with Crippen LogP contribution in [0, 0.1) is 0 Å². The van der Waals surface area contributed by atoms with Crippen LogP contribution in [-0.4, -0.2) is 47.5 Å². The van der Waals surface area contributed by atoms with Gasteiger partial charge < -0.3 is 20.3 Å². The van der Waals surface area contributed by atoms with Crippen molar-refractivity contribution >= 4 is 17.5 Å². The number of carbonyl (C=O) groups excluding carboxylic acids is 1. The monoisotopic (exact) mass is 302 g/mol. The number of nitrogens with one attached hydrogen (secondary N) is 3. The van der Waals surface area contributed by atoms with Gasteiger partial charge in [-0.15, -0.1) is 0 Å². The summed E-state index contributed by atoms with van der Waals surface area (Å²) in [5.74, 6) is 0.940. The molecule has 3 heterocycles. The molecule has 0 saturated carbocycles. The number of H-pyrrole nitrogens is 1. The number of carbonyl (C=O) groups is 1. The molecule has 0 spiro atoms. The normalized spacial score (nSPS) is 14.6. The molecule has 8 heteroatoms. The highest BCUT2D eigenvalue weighted by Gasteiger charge is 2.12. The van der Waals surface area contributed by atoms with E-state index in [4.69, 9.17) is 4.74 Å². The van der Waals surface area contributed by atoms with Crippen LogP contribution in [0.1, 0.15) is 5.56 Å². The number of morpholine rings is 1. The van der Waals surface area contributed by atoms with E-state index in [2.05, 4.69) is 30.7 Å². The standard InChI is InChI=1S/C14H18N6O2/c21-14(19-12-9-17-18-10-12)16-8-11-1-2-13(15-7-11)20-3-5-22-6-4-20/h1-2,7,9-10H,3-6,8H2,(H,17,18)(H2,16,19,21). The van der Waals surface area contributed by atoms with Crippen molar-refractivity contribution in [1.82, 2.24) is 20.5 Å². The molecular formula is C14H18N6O2. The molecule has 0 radical (unpaired) electrons. The maximum absolute atomic E-state index is 11.7. The molecule has 1 fully saturated rings. The van der Waals surface area contributed by atoms with Crippen LogP contribution in [-0.2, 0) is 11.3 Å². The molecular weight excluding hydrogens is 284 g/mol. The van der Waals surface area contributed by atoms with E-state index < -0.39 is 0 Å². The molecule has 2 aromatic heterocycles. The summed E-state index contributed by atoms with van der Waals surface area (Å²) in [6, 6.07) is 3.66. The lowest BCUT2D eigenvalue weighted by Gasteiger charge is -2.27. The second kappa shape index (κ2) is 6.90. The fourth-order valence-electron chi connectivity index (χ4n) is 2.18. The minimum Gasteiger partial charge on any atom is -0.378 e. The number of hydrogen-bond acceptors (Lipinski definition) is 5. The Kier molecular flexibility index (Phi) is 4.50. The number of hydrogen-bond donors (Lipinski definition) is 3. The van der Waals surface area contributed by atoms with E-state index in [1.54, 1.807) is 12.4 Å². The first-order valence-corrected chi connectivity index (χ1v) is 7.12. The Morgan fingerprint density at radius 3 is 2.86 bits per heavy atom. The van der Waals surface area contributed by atoms with Crippen LogP contribution in [0.25, 0.3) is 0 Å². The Bertz CT molecular complexity index is 592. The third-order valence-corrected chi connectivity index (χ3v) is 3.35. The van der Waals surface area contributed by atoms with Crippen LogP contribution in [0.15, 0.2) is 30.7 Å². The van der Waals surface area contributed by atoms with Gasteiger partial charge in [0, 0.05) is 32.0 Å². The van der Waals surface area contributed by atoms with Crippen LogP contribution < -0.4 is 15.5 Å². The van der Waals surface area contributed by atoms with Gasteiger partial charge in [0.15, 0.2) is 0 Å². The fraction of sp³-hybridized carbons (Fsp3) is 0.357. The van der Waals surface area contributed by atoms with Gasteiger partial charge in [0.05, 0.1) is 25.1 Å². The maximum atomic E-state index is 11.7. The fourth-order valence-corrected chi connectivity index (χ4v) is 2.18. The summed E-state index contributed by atoms with van der Waals surface area (Å²) in [6.07, 6.45) is 4.93. The summed E-state index contributed by atoms with van der Waals surface area (Å²) in [5, 5.41) is 11.8. The Balaban J connectivity index is 1.49. The van der Waals surface area contributed by atoms with Gasteiger partial charge in [-0.1, -0.05) is 6.07 Å². The minimum absolute atomic E-state index is 0.279. The molecule has 1 aliphatic rings. The SMILES string of the molecule is O=C(NCc1ccc(N2CCOCC2)nc1)Nc1cn[nH]c1. The van der Waals surface area contributed by atoms with E-state index in [1.165, 1.54) is 6.20 Å². The first-order valence-electron chi connectivity index (χ1n) is 7.12. The van der Waals surface area contributed by atoms with Crippen molar-refractivity contribution in [3.05, 3.63) is 36.3 Å². The van der Waals surface area contributed by atoms with Crippen LogP contribution >= 0.6 is 0 Å². The number of urea groups is 1. The number of pyridine rings is 1. The molecule has 2 amide bonds. The second-order valence-corrected chi connectivity index (χ2v) is 4.92. The van der Waals surface area contributed by atoms with Gasteiger partial charge in [-0.05, 0) is 11.6 Å². The largest absolute Gasteiger partial charge is 0.378 e. The summed E-state index contributed by atoms with van der Waals surface area (Å²) >= 11 is 0. The average molecular weight is 302 g/mol. The summed E-state index contributed by atoms with van der Waals surface area (Å²) in [4.78, 5) is 18.3. The van der Waals surface area contributed by atoms with E-state index in [9.17, 15) is 4.79 Å². The van der Waals surface area contributed by atoms with Crippen molar-refractivity contribution in [2.75, 3.05) is 36.5 Å². The molecule has 2 aromatic rings. The van der Waals surface area contributed by atoms with Crippen molar-refractivity contribution in [2.45, 2.75) is 6.54 Å². The molecule has 0 aromatic carbocycles. The first-order chi connectivity index (χ1) is 10.8. The summed E-state index contributed by atoms with van der Waals surface area (Å²) < 4.78 is 5.32. The van der Waals surface area contributed by atoms with E-state index in [0.717, 1.165) is 37.7 Å². The van der Waals surface area contributed by atoms with Gasteiger partial charge in [-0.25, -0.2) is 9.78 Å². The highest BCUT2D eigenvalue weighted by atomic mass is 16.5. The predicted octanol–water partition coefficient (Wildman–Crippen LogP) is 0.963. The third-order valence-electron chi connectivity index (χ3n) is 3.35. The number of nitrogens with zero attached hydrogens (tertiary/aromatic N) is 3. The summed E-state index contributed by atoms with van der Waals surface area (Å²) in [6.45, 7) is 3.60. The molecule has 1 saturated heterocycles. The van der Waals surface area contributed by atoms with E-state index in [0.29, 0.717) is 12.2 Å². The molecule has 22 heavy (non-hydrogen) atoms. The molecule has 1 aliphatic heterocycles. The predicted molar refractivity (Wildman–Crippen MR) is 81.7 cm³/mol. The van der Waals surface area contributed by atoms with E-state index in [1.807, 2.05) is 12.1 Å². The number of anilines is 2. The lowest BCUT2D eigenvalue weighted by molar-refractivity contribution is 0.122. The van der Waals surface area contributed by atoms with Crippen molar-refractivity contribution in [1.29, 1.82) is 0 Å². The number of ether oxygens (including phenoxy) is 1. The van der Waals surface area contributed by atoms with E-state index in [-0.39, 0.29) is 6.03 Å². The Morgan fingerprint density at radius 2 is 2.18 bits per heavy atom. The highest BCUT2D eigenvalue weighted by molar-refractivity contribution is 5.88. The highest BCUT2D eigenvalue weighted by Crippen LogP contribution is 2.13. The Labute approximate surface area is 127 Å². The Hall–Kier alpha value is -2.61.